The first kappa shape index (κ1) is 15.2. The Morgan fingerprint density at radius 1 is 1.21 bits per heavy atom. The van der Waals surface area contributed by atoms with E-state index in [0.717, 1.165) is 0 Å². The maximum atomic E-state index is 11.7. The van der Waals surface area contributed by atoms with E-state index in [4.69, 9.17) is 5.11 Å². The van der Waals surface area contributed by atoms with E-state index < -0.39 is 12.0 Å². The highest BCUT2D eigenvalue weighted by molar-refractivity contribution is 5.85. The first-order chi connectivity index (χ1) is 8.79. The second-order valence-electron chi connectivity index (χ2n) is 5.35. The fraction of sp³-hybridized carbons (Fsp3) is 0.429. The van der Waals surface area contributed by atoms with Gasteiger partial charge in [-0.2, -0.15) is 0 Å². The van der Waals surface area contributed by atoms with E-state index in [-0.39, 0.29) is 18.0 Å². The van der Waals surface area contributed by atoms with E-state index in [1.165, 1.54) is 0 Å². The van der Waals surface area contributed by atoms with Crippen molar-refractivity contribution in [3.8, 4) is 0 Å². The van der Waals surface area contributed by atoms with Crippen molar-refractivity contribution in [2.45, 2.75) is 32.4 Å². The lowest BCUT2D eigenvalue weighted by Crippen LogP contribution is -2.45. The first-order valence-corrected chi connectivity index (χ1v) is 6.12. The SMILES string of the molecule is CC(C)(C)NCC(=O)N[C@@H](C(=O)O)c1ccccc1. The van der Waals surface area contributed by atoms with Crippen LogP contribution in [-0.4, -0.2) is 29.1 Å². The number of carbonyl (C=O) groups excluding carboxylic acids is 1. The second-order valence-corrected chi connectivity index (χ2v) is 5.35. The summed E-state index contributed by atoms with van der Waals surface area (Å²) in [4.78, 5) is 22.9. The molecule has 1 rings (SSSR count). The molecule has 1 aromatic carbocycles. The number of nitrogens with one attached hydrogen (secondary N) is 2. The molecule has 0 bridgehead atoms. The maximum Gasteiger partial charge on any atom is 0.330 e. The summed E-state index contributed by atoms with van der Waals surface area (Å²) < 4.78 is 0. The van der Waals surface area contributed by atoms with Gasteiger partial charge in [-0.25, -0.2) is 4.79 Å². The molecule has 19 heavy (non-hydrogen) atoms. The molecule has 0 aliphatic carbocycles. The van der Waals surface area contributed by atoms with Crippen LogP contribution in [0, 0.1) is 0 Å². The number of carboxylic acids is 1. The Kier molecular flexibility index (Phi) is 5.06. The molecule has 0 fully saturated rings. The van der Waals surface area contributed by atoms with Gasteiger partial charge in [0.2, 0.25) is 5.91 Å². The molecule has 0 saturated carbocycles. The van der Waals surface area contributed by atoms with E-state index in [0.29, 0.717) is 5.56 Å². The van der Waals surface area contributed by atoms with Crippen LogP contribution in [0.15, 0.2) is 30.3 Å². The van der Waals surface area contributed by atoms with Crippen LogP contribution >= 0.6 is 0 Å². The highest BCUT2D eigenvalue weighted by Gasteiger charge is 2.22. The summed E-state index contributed by atoms with van der Waals surface area (Å²) in [5.41, 5.74) is 0.363. The largest absolute Gasteiger partial charge is 0.479 e. The van der Waals surface area contributed by atoms with Gasteiger partial charge < -0.3 is 15.7 Å². The van der Waals surface area contributed by atoms with Crippen molar-refractivity contribution in [2.75, 3.05) is 6.54 Å². The molecule has 0 saturated heterocycles. The van der Waals surface area contributed by atoms with Crippen molar-refractivity contribution in [2.24, 2.45) is 0 Å². The third-order valence-electron chi connectivity index (χ3n) is 2.46. The van der Waals surface area contributed by atoms with Crippen LogP contribution in [0.1, 0.15) is 32.4 Å². The Balaban J connectivity index is 2.65. The molecule has 0 heterocycles. The normalized spacial score (nSPS) is 12.8. The minimum absolute atomic E-state index is 0.0834. The maximum absolute atomic E-state index is 11.7. The molecule has 5 heteroatoms. The summed E-state index contributed by atoms with van der Waals surface area (Å²) in [6.07, 6.45) is 0. The summed E-state index contributed by atoms with van der Waals surface area (Å²) in [7, 11) is 0. The summed E-state index contributed by atoms with van der Waals surface area (Å²) in [6.45, 7) is 5.89. The van der Waals surface area contributed by atoms with Crippen molar-refractivity contribution >= 4 is 11.9 Å². The Labute approximate surface area is 113 Å². The van der Waals surface area contributed by atoms with Gasteiger partial charge in [0.25, 0.3) is 0 Å². The molecule has 0 aliphatic rings. The zero-order chi connectivity index (χ0) is 14.5. The molecule has 0 aromatic heterocycles. The quantitative estimate of drug-likeness (QED) is 0.749. The van der Waals surface area contributed by atoms with Crippen molar-refractivity contribution in [1.29, 1.82) is 0 Å². The van der Waals surface area contributed by atoms with Crippen LogP contribution < -0.4 is 10.6 Å². The monoisotopic (exact) mass is 264 g/mol. The predicted molar refractivity (Wildman–Crippen MR) is 72.7 cm³/mol. The van der Waals surface area contributed by atoms with Crippen LogP contribution in [0.3, 0.4) is 0 Å². The van der Waals surface area contributed by atoms with Gasteiger partial charge in [0.1, 0.15) is 0 Å². The minimum atomic E-state index is -1.07. The lowest BCUT2D eigenvalue weighted by molar-refractivity contribution is -0.141. The van der Waals surface area contributed by atoms with Gasteiger partial charge in [-0.05, 0) is 26.3 Å². The third kappa shape index (κ3) is 5.52. The highest BCUT2D eigenvalue weighted by Crippen LogP contribution is 2.12. The number of carbonyl (C=O) groups is 2. The van der Waals surface area contributed by atoms with Gasteiger partial charge in [0.15, 0.2) is 6.04 Å². The van der Waals surface area contributed by atoms with Crippen molar-refractivity contribution in [1.82, 2.24) is 10.6 Å². The molecule has 1 aromatic rings. The lowest BCUT2D eigenvalue weighted by atomic mass is 10.1. The van der Waals surface area contributed by atoms with Gasteiger partial charge in [0, 0.05) is 5.54 Å². The van der Waals surface area contributed by atoms with Gasteiger partial charge in [-0.1, -0.05) is 30.3 Å². The second kappa shape index (κ2) is 6.33. The van der Waals surface area contributed by atoms with Gasteiger partial charge in [-0.15, -0.1) is 0 Å². The average Bonchev–Trinajstić information content (AvgIpc) is 2.33. The molecule has 0 unspecified atom stereocenters. The molecule has 1 amide bonds. The number of benzene rings is 1. The molecule has 0 aliphatic heterocycles. The Hall–Kier alpha value is -1.88. The van der Waals surface area contributed by atoms with Crippen LogP contribution in [0.25, 0.3) is 0 Å². The first-order valence-electron chi connectivity index (χ1n) is 6.12. The van der Waals surface area contributed by atoms with Crippen molar-refractivity contribution in [3.05, 3.63) is 35.9 Å². The molecule has 3 N–H and O–H groups in total. The minimum Gasteiger partial charge on any atom is -0.479 e. The zero-order valence-electron chi connectivity index (χ0n) is 11.4. The Morgan fingerprint density at radius 3 is 2.26 bits per heavy atom. The number of aliphatic carboxylic acids is 1. The molecule has 1 atom stereocenters. The van der Waals surface area contributed by atoms with Crippen LogP contribution in [-0.2, 0) is 9.59 Å². The van der Waals surface area contributed by atoms with E-state index in [1.54, 1.807) is 30.3 Å². The van der Waals surface area contributed by atoms with E-state index in [2.05, 4.69) is 10.6 Å². The lowest BCUT2D eigenvalue weighted by Gasteiger charge is -2.21. The van der Waals surface area contributed by atoms with Crippen LogP contribution in [0.4, 0.5) is 0 Å². The number of rotatable bonds is 5. The molecule has 0 radical (unpaired) electrons. The van der Waals surface area contributed by atoms with Gasteiger partial charge in [0.05, 0.1) is 6.54 Å². The van der Waals surface area contributed by atoms with Crippen LogP contribution in [0.2, 0.25) is 0 Å². The molecular formula is C14H20N2O3. The van der Waals surface area contributed by atoms with Gasteiger partial charge >= 0.3 is 5.97 Å². The summed E-state index contributed by atoms with van der Waals surface area (Å²) in [6, 6.07) is 7.61. The fourth-order valence-corrected chi connectivity index (χ4v) is 1.49. The average molecular weight is 264 g/mol. The topological polar surface area (TPSA) is 78.4 Å². The summed E-state index contributed by atoms with van der Waals surface area (Å²) in [5, 5.41) is 14.7. The van der Waals surface area contributed by atoms with Crippen molar-refractivity contribution in [3.63, 3.8) is 0 Å². The molecule has 104 valence electrons. The predicted octanol–water partition coefficient (Wildman–Crippen LogP) is 1.32. The fourth-order valence-electron chi connectivity index (χ4n) is 1.49. The van der Waals surface area contributed by atoms with Crippen LogP contribution in [0.5, 0.6) is 0 Å². The Bertz CT molecular complexity index is 438. The molecule has 0 spiro atoms. The highest BCUT2D eigenvalue weighted by atomic mass is 16.4. The molecule has 5 nitrogen and oxygen atoms in total. The Morgan fingerprint density at radius 2 is 1.79 bits per heavy atom. The smallest absolute Gasteiger partial charge is 0.330 e. The summed E-state index contributed by atoms with van der Waals surface area (Å²) in [5.74, 6) is -1.42. The third-order valence-corrected chi connectivity index (χ3v) is 2.46. The number of amides is 1. The van der Waals surface area contributed by atoms with E-state index in [9.17, 15) is 9.59 Å². The van der Waals surface area contributed by atoms with E-state index in [1.807, 2.05) is 20.8 Å². The summed E-state index contributed by atoms with van der Waals surface area (Å²) >= 11 is 0. The number of carboxylic acid groups (broad SMARTS) is 1. The number of hydrogen-bond donors (Lipinski definition) is 3. The van der Waals surface area contributed by atoms with Crippen molar-refractivity contribution < 1.29 is 14.7 Å². The molecular weight excluding hydrogens is 244 g/mol. The standard InChI is InChI=1S/C14H20N2O3/c1-14(2,3)15-9-11(17)16-12(13(18)19)10-7-5-4-6-8-10/h4-8,12,15H,9H2,1-3H3,(H,16,17)(H,18,19)/t12-/m1/s1. The zero-order valence-corrected chi connectivity index (χ0v) is 11.4. The van der Waals surface area contributed by atoms with E-state index >= 15 is 0 Å². The van der Waals surface area contributed by atoms with Gasteiger partial charge in [-0.3, -0.25) is 4.79 Å². The number of hydrogen-bond acceptors (Lipinski definition) is 3.